The van der Waals surface area contributed by atoms with Crippen molar-refractivity contribution in [1.82, 2.24) is 25.4 Å². The van der Waals surface area contributed by atoms with Crippen LogP contribution in [0.4, 0.5) is 0 Å². The van der Waals surface area contributed by atoms with Crippen LogP contribution in [0.5, 0.6) is 0 Å². The van der Waals surface area contributed by atoms with Crippen LogP contribution in [0.15, 0.2) is 21.8 Å². The van der Waals surface area contributed by atoms with E-state index in [1.54, 1.807) is 25.5 Å². The zero-order chi connectivity index (χ0) is 16.1. The summed E-state index contributed by atoms with van der Waals surface area (Å²) in [7, 11) is 3.46. The summed E-state index contributed by atoms with van der Waals surface area (Å²) in [5.74, 6) is 2.61. The summed E-state index contributed by atoms with van der Waals surface area (Å²) >= 11 is 1.70. The number of thiophene rings is 1. The Bertz CT molecular complexity index is 651. The molecule has 1 unspecified atom stereocenters. The van der Waals surface area contributed by atoms with Gasteiger partial charge in [-0.05, 0) is 28.8 Å². The van der Waals surface area contributed by atoms with Crippen molar-refractivity contribution >= 4 is 17.3 Å². The second-order valence-electron chi connectivity index (χ2n) is 5.50. The number of ether oxygens (including phenoxy) is 1. The lowest BCUT2D eigenvalue weighted by Gasteiger charge is -2.25. The van der Waals surface area contributed by atoms with Crippen molar-refractivity contribution in [3.05, 3.63) is 34.0 Å². The fourth-order valence-electron chi connectivity index (χ4n) is 2.64. The summed E-state index contributed by atoms with van der Waals surface area (Å²) in [5.41, 5.74) is 1.27. The van der Waals surface area contributed by atoms with Crippen LogP contribution < -0.4 is 10.6 Å². The molecule has 8 heteroatoms. The average Bonchev–Trinajstić information content (AvgIpc) is 3.20. The van der Waals surface area contributed by atoms with E-state index >= 15 is 0 Å². The smallest absolute Gasteiger partial charge is 0.191 e. The van der Waals surface area contributed by atoms with Gasteiger partial charge in [-0.15, -0.1) is 0 Å². The van der Waals surface area contributed by atoms with Gasteiger partial charge in [-0.25, -0.2) is 9.67 Å². The molecule has 0 bridgehead atoms. The van der Waals surface area contributed by atoms with Gasteiger partial charge in [0.1, 0.15) is 12.4 Å². The van der Waals surface area contributed by atoms with Gasteiger partial charge in [0.2, 0.25) is 0 Å². The molecule has 0 saturated carbocycles. The highest BCUT2D eigenvalue weighted by Gasteiger charge is 2.22. The summed E-state index contributed by atoms with van der Waals surface area (Å²) < 4.78 is 7.07. The Morgan fingerprint density at radius 2 is 2.48 bits per heavy atom. The number of methoxy groups -OCH3 is 1. The first-order chi connectivity index (χ1) is 11.3. The van der Waals surface area contributed by atoms with Gasteiger partial charge in [-0.1, -0.05) is 0 Å². The minimum atomic E-state index is 0.299. The van der Waals surface area contributed by atoms with Crippen LogP contribution in [-0.2, 0) is 30.9 Å². The molecule has 0 aliphatic carbocycles. The van der Waals surface area contributed by atoms with Gasteiger partial charge in [0, 0.05) is 33.2 Å². The van der Waals surface area contributed by atoms with Gasteiger partial charge in [-0.3, -0.25) is 4.99 Å². The highest BCUT2D eigenvalue weighted by Crippen LogP contribution is 2.13. The monoisotopic (exact) mass is 334 g/mol. The van der Waals surface area contributed by atoms with Crippen LogP contribution >= 0.6 is 11.3 Å². The number of guanidine groups is 1. The van der Waals surface area contributed by atoms with Gasteiger partial charge < -0.3 is 15.4 Å². The molecule has 124 valence electrons. The number of fused-ring (bicyclic) bond motifs is 1. The van der Waals surface area contributed by atoms with Crippen LogP contribution in [-0.4, -0.2) is 40.9 Å². The molecule has 1 aliphatic heterocycles. The van der Waals surface area contributed by atoms with E-state index in [9.17, 15) is 0 Å². The molecule has 7 nitrogen and oxygen atoms in total. The van der Waals surface area contributed by atoms with Gasteiger partial charge >= 0.3 is 0 Å². The highest BCUT2D eigenvalue weighted by atomic mass is 32.1. The van der Waals surface area contributed by atoms with Crippen molar-refractivity contribution < 1.29 is 4.74 Å². The lowest BCUT2D eigenvalue weighted by molar-refractivity contribution is 0.177. The first-order valence-electron chi connectivity index (χ1n) is 7.68. The second-order valence-corrected chi connectivity index (χ2v) is 6.28. The quantitative estimate of drug-likeness (QED) is 0.634. The van der Waals surface area contributed by atoms with E-state index in [0.29, 0.717) is 12.6 Å². The van der Waals surface area contributed by atoms with Crippen molar-refractivity contribution in [2.45, 2.75) is 38.6 Å². The van der Waals surface area contributed by atoms with Crippen molar-refractivity contribution in [3.63, 3.8) is 0 Å². The Morgan fingerprint density at radius 3 is 3.22 bits per heavy atom. The van der Waals surface area contributed by atoms with Crippen LogP contribution in [0.1, 0.15) is 23.6 Å². The summed E-state index contributed by atoms with van der Waals surface area (Å²) in [6.07, 6.45) is 1.93. The van der Waals surface area contributed by atoms with Gasteiger partial charge in [0.05, 0.1) is 6.54 Å². The molecule has 0 fully saturated rings. The SMILES string of the molecule is CN=C(NCc1ccsc1)NC1CCc2nc(COC)nn2C1. The maximum atomic E-state index is 5.10. The topological polar surface area (TPSA) is 76.4 Å². The van der Waals surface area contributed by atoms with Crippen LogP contribution in [0, 0.1) is 0 Å². The summed E-state index contributed by atoms with van der Waals surface area (Å²) in [5, 5.41) is 15.5. The molecular formula is C15H22N6OS. The highest BCUT2D eigenvalue weighted by molar-refractivity contribution is 7.07. The predicted octanol–water partition coefficient (Wildman–Crippen LogP) is 1.17. The van der Waals surface area contributed by atoms with E-state index in [2.05, 4.69) is 42.5 Å². The normalized spacial score (nSPS) is 17.8. The van der Waals surface area contributed by atoms with Crippen molar-refractivity contribution in [2.75, 3.05) is 14.2 Å². The van der Waals surface area contributed by atoms with Gasteiger partial charge in [-0.2, -0.15) is 16.4 Å². The van der Waals surface area contributed by atoms with E-state index in [1.807, 2.05) is 4.68 Å². The number of rotatable bonds is 5. The Morgan fingerprint density at radius 1 is 1.57 bits per heavy atom. The number of hydrogen-bond donors (Lipinski definition) is 2. The zero-order valence-electron chi connectivity index (χ0n) is 13.5. The van der Waals surface area contributed by atoms with E-state index in [0.717, 1.165) is 43.5 Å². The standard InChI is InChI=1S/C15H22N6OS/c1-16-15(17-7-11-5-6-23-10-11)18-12-3-4-14-19-13(9-22-2)20-21(14)8-12/h5-6,10,12H,3-4,7-9H2,1-2H3,(H2,16,17,18). The first kappa shape index (κ1) is 15.9. The molecular weight excluding hydrogens is 312 g/mol. The Hall–Kier alpha value is -1.93. The maximum absolute atomic E-state index is 5.10. The Labute approximate surface area is 139 Å². The molecule has 0 spiro atoms. The molecule has 0 aromatic carbocycles. The molecule has 23 heavy (non-hydrogen) atoms. The van der Waals surface area contributed by atoms with Crippen molar-refractivity contribution in [1.29, 1.82) is 0 Å². The molecule has 0 amide bonds. The van der Waals surface area contributed by atoms with Crippen LogP contribution in [0.2, 0.25) is 0 Å². The number of nitrogens with zero attached hydrogens (tertiary/aromatic N) is 4. The average molecular weight is 334 g/mol. The molecule has 1 aliphatic rings. The van der Waals surface area contributed by atoms with Crippen LogP contribution in [0.3, 0.4) is 0 Å². The molecule has 2 aromatic rings. The van der Waals surface area contributed by atoms with E-state index in [-0.39, 0.29) is 0 Å². The number of aryl methyl sites for hydroxylation is 1. The molecule has 1 atom stereocenters. The molecule has 2 aromatic heterocycles. The predicted molar refractivity (Wildman–Crippen MR) is 90.5 cm³/mol. The lowest BCUT2D eigenvalue weighted by atomic mass is 10.1. The zero-order valence-corrected chi connectivity index (χ0v) is 14.3. The largest absolute Gasteiger partial charge is 0.377 e. The minimum absolute atomic E-state index is 0.299. The third-order valence-electron chi connectivity index (χ3n) is 3.78. The van der Waals surface area contributed by atoms with Crippen molar-refractivity contribution in [3.8, 4) is 0 Å². The Kier molecular flexibility index (Phi) is 5.24. The maximum Gasteiger partial charge on any atom is 0.191 e. The Balaban J connectivity index is 1.55. The molecule has 3 rings (SSSR count). The molecule has 2 N–H and O–H groups in total. The van der Waals surface area contributed by atoms with Crippen molar-refractivity contribution in [2.24, 2.45) is 4.99 Å². The van der Waals surface area contributed by atoms with E-state index in [1.165, 1.54) is 5.56 Å². The summed E-state index contributed by atoms with van der Waals surface area (Å²) in [6.45, 7) is 2.04. The summed E-state index contributed by atoms with van der Waals surface area (Å²) in [4.78, 5) is 8.80. The molecule has 0 saturated heterocycles. The third-order valence-corrected chi connectivity index (χ3v) is 4.51. The summed E-state index contributed by atoms with van der Waals surface area (Å²) in [6, 6.07) is 2.41. The molecule has 3 heterocycles. The molecule has 0 radical (unpaired) electrons. The number of nitrogens with one attached hydrogen (secondary N) is 2. The van der Waals surface area contributed by atoms with Gasteiger partial charge in [0.25, 0.3) is 0 Å². The fraction of sp³-hybridized carbons (Fsp3) is 0.533. The lowest BCUT2D eigenvalue weighted by Crippen LogP contribution is -2.46. The fourth-order valence-corrected chi connectivity index (χ4v) is 3.30. The first-order valence-corrected chi connectivity index (χ1v) is 8.62. The minimum Gasteiger partial charge on any atom is -0.377 e. The third kappa shape index (κ3) is 4.08. The van der Waals surface area contributed by atoms with E-state index in [4.69, 9.17) is 4.74 Å². The number of hydrogen-bond acceptors (Lipinski definition) is 5. The second kappa shape index (κ2) is 7.56. The number of aliphatic imine (C=N–C) groups is 1. The van der Waals surface area contributed by atoms with Gasteiger partial charge in [0.15, 0.2) is 11.8 Å². The van der Waals surface area contributed by atoms with E-state index < -0.39 is 0 Å². The van der Waals surface area contributed by atoms with Crippen LogP contribution in [0.25, 0.3) is 0 Å². The number of aromatic nitrogens is 3.